The van der Waals surface area contributed by atoms with Crippen LogP contribution in [0.25, 0.3) is 49.4 Å². The highest BCUT2D eigenvalue weighted by Gasteiger charge is 2.59. The van der Waals surface area contributed by atoms with Crippen LogP contribution in [0, 0.1) is 0 Å². The fraction of sp³-hybridized carbons (Fsp3) is 0.0588. The quantitative estimate of drug-likeness (QED) is 0.163. The second kappa shape index (κ2) is 11.7. The van der Waals surface area contributed by atoms with Crippen molar-refractivity contribution < 1.29 is 0 Å². The lowest BCUT2D eigenvalue weighted by Gasteiger charge is -2.51. The van der Waals surface area contributed by atoms with Gasteiger partial charge < -0.3 is 0 Å². The number of benzene rings is 8. The van der Waals surface area contributed by atoms with Gasteiger partial charge in [-0.2, -0.15) is 0 Å². The van der Waals surface area contributed by atoms with Crippen LogP contribution in [0.1, 0.15) is 34.2 Å². The largest absolute Gasteiger partial charge is 0.0754 e. The maximum Gasteiger partial charge on any atom is 0.0598 e. The van der Waals surface area contributed by atoms with Crippen molar-refractivity contribution in [2.45, 2.75) is 17.3 Å². The van der Waals surface area contributed by atoms with Crippen molar-refractivity contribution in [3.8, 4) is 22.3 Å². The smallest absolute Gasteiger partial charge is 0.0598 e. The van der Waals surface area contributed by atoms with Crippen LogP contribution in [0.4, 0.5) is 0 Å². The Morgan fingerprint density at radius 3 is 1.37 bits per heavy atom. The SMILES string of the molecule is C1=CC(c2c3ccccc3c(-c3ccccc3)c3ccccc23)(C2(c3ccccc3)c3ccccc3-c3ccccc32)CC=C1c1ccccc1. The van der Waals surface area contributed by atoms with Gasteiger partial charge in [-0.3, -0.25) is 0 Å². The van der Waals surface area contributed by atoms with E-state index in [1.54, 1.807) is 0 Å². The van der Waals surface area contributed by atoms with Crippen LogP contribution in [0.5, 0.6) is 0 Å². The van der Waals surface area contributed by atoms with Gasteiger partial charge in [0.2, 0.25) is 0 Å². The first-order valence-corrected chi connectivity index (χ1v) is 18.0. The Morgan fingerprint density at radius 2 is 0.843 bits per heavy atom. The Balaban J connectivity index is 1.41. The highest BCUT2D eigenvalue weighted by Crippen LogP contribution is 2.65. The first-order chi connectivity index (χ1) is 25.3. The summed E-state index contributed by atoms with van der Waals surface area (Å²) in [6.45, 7) is 0. The molecule has 0 amide bonds. The van der Waals surface area contributed by atoms with Crippen LogP contribution in [0.3, 0.4) is 0 Å². The number of hydrogen-bond donors (Lipinski definition) is 0. The Morgan fingerprint density at radius 1 is 0.392 bits per heavy atom. The second-order valence-corrected chi connectivity index (χ2v) is 13.9. The van der Waals surface area contributed by atoms with Crippen molar-refractivity contribution in [2.24, 2.45) is 0 Å². The molecule has 0 radical (unpaired) electrons. The average molecular weight is 649 g/mol. The van der Waals surface area contributed by atoms with E-state index in [-0.39, 0.29) is 0 Å². The minimum Gasteiger partial charge on any atom is -0.0754 e. The van der Waals surface area contributed by atoms with E-state index in [4.69, 9.17) is 0 Å². The standard InChI is InChI=1S/C51H36/c1-4-18-36(19-5-1)37-32-34-50(35-33-37,51(39-22-8-3-9-23-39)46-30-16-14-24-40(46)41-25-15-17-31-47(41)51)49-44-28-12-10-26-42(44)48(38-20-6-2-7-21-38)43-27-11-13-29-45(43)49/h1-34H,35H2. The van der Waals surface area contributed by atoms with Crippen molar-refractivity contribution in [3.63, 3.8) is 0 Å². The number of allylic oxidation sites excluding steroid dienone is 4. The highest BCUT2D eigenvalue weighted by atomic mass is 14.6. The van der Waals surface area contributed by atoms with Crippen molar-refractivity contribution in [3.05, 3.63) is 234 Å². The fourth-order valence-corrected chi connectivity index (χ4v) is 9.63. The minimum atomic E-state index is -0.531. The first kappa shape index (κ1) is 29.7. The maximum atomic E-state index is 2.59. The third-order valence-electron chi connectivity index (χ3n) is 11.6. The van der Waals surface area contributed by atoms with Crippen LogP contribution < -0.4 is 0 Å². The van der Waals surface area contributed by atoms with E-state index < -0.39 is 10.8 Å². The highest BCUT2D eigenvalue weighted by molar-refractivity contribution is 6.16. The molecule has 0 fully saturated rings. The Hall–Kier alpha value is -6.24. The summed E-state index contributed by atoms with van der Waals surface area (Å²) >= 11 is 0. The van der Waals surface area contributed by atoms with Crippen molar-refractivity contribution in [1.29, 1.82) is 0 Å². The molecule has 0 spiro atoms. The lowest BCUT2D eigenvalue weighted by molar-refractivity contribution is 0.383. The molecule has 8 aromatic rings. The summed E-state index contributed by atoms with van der Waals surface area (Å²) in [5.41, 5.74) is 12.0. The van der Waals surface area contributed by atoms with Crippen molar-refractivity contribution >= 4 is 27.1 Å². The van der Waals surface area contributed by atoms with Crippen molar-refractivity contribution in [2.75, 3.05) is 0 Å². The summed E-state index contributed by atoms with van der Waals surface area (Å²) in [5, 5.41) is 5.17. The normalized spacial score (nSPS) is 17.2. The van der Waals surface area contributed by atoms with E-state index >= 15 is 0 Å². The molecule has 0 N–H and O–H groups in total. The molecule has 0 saturated heterocycles. The monoisotopic (exact) mass is 648 g/mol. The van der Waals surface area contributed by atoms with Crippen LogP contribution >= 0.6 is 0 Å². The topological polar surface area (TPSA) is 0 Å². The van der Waals surface area contributed by atoms with Gasteiger partial charge in [-0.05, 0) is 83.6 Å². The molecule has 0 aliphatic heterocycles. The minimum absolute atomic E-state index is 0.510. The molecular formula is C51H36. The van der Waals surface area contributed by atoms with Gasteiger partial charge in [0.25, 0.3) is 0 Å². The third-order valence-corrected chi connectivity index (χ3v) is 11.6. The van der Waals surface area contributed by atoms with Crippen LogP contribution in [0.2, 0.25) is 0 Å². The number of hydrogen-bond acceptors (Lipinski definition) is 0. The van der Waals surface area contributed by atoms with Gasteiger partial charge in [0.1, 0.15) is 0 Å². The third kappa shape index (κ3) is 4.20. The first-order valence-electron chi connectivity index (χ1n) is 18.0. The summed E-state index contributed by atoms with van der Waals surface area (Å²) in [7, 11) is 0. The molecule has 2 aliphatic carbocycles. The van der Waals surface area contributed by atoms with E-state index in [2.05, 4.69) is 206 Å². The van der Waals surface area contributed by atoms with Gasteiger partial charge in [-0.25, -0.2) is 0 Å². The Labute approximate surface area is 299 Å². The van der Waals surface area contributed by atoms with E-state index in [0.29, 0.717) is 0 Å². The van der Waals surface area contributed by atoms with Crippen LogP contribution in [0.15, 0.2) is 206 Å². The van der Waals surface area contributed by atoms with E-state index in [9.17, 15) is 0 Å². The summed E-state index contributed by atoms with van der Waals surface area (Å²) in [5.74, 6) is 0. The van der Waals surface area contributed by atoms with Crippen molar-refractivity contribution in [1.82, 2.24) is 0 Å². The van der Waals surface area contributed by atoms with Gasteiger partial charge in [0.05, 0.1) is 5.41 Å². The summed E-state index contributed by atoms with van der Waals surface area (Å²) in [4.78, 5) is 0. The molecular weight excluding hydrogens is 613 g/mol. The molecule has 0 saturated carbocycles. The van der Waals surface area contributed by atoms with Crippen LogP contribution in [-0.4, -0.2) is 0 Å². The zero-order chi connectivity index (χ0) is 33.8. The molecule has 0 heteroatoms. The summed E-state index contributed by atoms with van der Waals surface area (Å²) in [6, 6.07) is 69.8. The maximum absolute atomic E-state index is 2.59. The van der Waals surface area contributed by atoms with E-state index in [1.165, 1.54) is 77.2 Å². The van der Waals surface area contributed by atoms with Gasteiger partial charge in [0, 0.05) is 5.41 Å². The zero-order valence-corrected chi connectivity index (χ0v) is 28.3. The molecule has 10 rings (SSSR count). The molecule has 1 atom stereocenters. The molecule has 51 heavy (non-hydrogen) atoms. The van der Waals surface area contributed by atoms with Gasteiger partial charge in [-0.1, -0.05) is 206 Å². The lowest BCUT2D eigenvalue weighted by Crippen LogP contribution is -2.49. The zero-order valence-electron chi connectivity index (χ0n) is 28.3. The predicted octanol–water partition coefficient (Wildman–Crippen LogP) is 13.0. The summed E-state index contributed by atoms with van der Waals surface area (Å²) in [6.07, 6.45) is 8.35. The number of rotatable bonds is 5. The van der Waals surface area contributed by atoms with E-state index in [0.717, 1.165) is 6.42 Å². The molecule has 0 bridgehead atoms. The van der Waals surface area contributed by atoms with E-state index in [1.807, 2.05) is 0 Å². The second-order valence-electron chi connectivity index (χ2n) is 13.9. The van der Waals surface area contributed by atoms with Crippen LogP contribution in [-0.2, 0) is 10.8 Å². The molecule has 0 heterocycles. The molecule has 2 aliphatic rings. The lowest BCUT2D eigenvalue weighted by atomic mass is 9.49. The van der Waals surface area contributed by atoms with Gasteiger partial charge in [0.15, 0.2) is 0 Å². The Kier molecular flexibility index (Phi) is 6.79. The molecule has 1 unspecified atom stereocenters. The fourth-order valence-electron chi connectivity index (χ4n) is 9.63. The molecule has 240 valence electrons. The van der Waals surface area contributed by atoms with Gasteiger partial charge in [-0.15, -0.1) is 0 Å². The molecule has 8 aromatic carbocycles. The summed E-state index contributed by atoms with van der Waals surface area (Å²) < 4.78 is 0. The predicted molar refractivity (Wildman–Crippen MR) is 215 cm³/mol. The average Bonchev–Trinajstić information content (AvgIpc) is 3.52. The molecule has 0 aromatic heterocycles. The van der Waals surface area contributed by atoms with Gasteiger partial charge >= 0.3 is 0 Å². The number of fused-ring (bicyclic) bond motifs is 5. The Bertz CT molecular complexity index is 2540. The molecule has 0 nitrogen and oxygen atoms in total.